The summed E-state index contributed by atoms with van der Waals surface area (Å²) in [6, 6.07) is 0.708. The quantitative estimate of drug-likeness (QED) is 0.710. The van der Waals surface area contributed by atoms with E-state index in [0.29, 0.717) is 6.04 Å². The number of hydrogen-bond acceptors (Lipinski definition) is 2. The summed E-state index contributed by atoms with van der Waals surface area (Å²) in [5.74, 6) is 1.25. The van der Waals surface area contributed by atoms with Gasteiger partial charge in [-0.05, 0) is 13.3 Å². The van der Waals surface area contributed by atoms with Gasteiger partial charge in [-0.15, -0.1) is 0 Å². The lowest BCUT2D eigenvalue weighted by atomic mass is 10.2. The van der Waals surface area contributed by atoms with Gasteiger partial charge in [0, 0.05) is 44.5 Å². The minimum atomic E-state index is 0.708. The maximum Gasteiger partial charge on any atom is 0.109 e. The summed E-state index contributed by atoms with van der Waals surface area (Å²) in [6.45, 7) is 7.99. The van der Waals surface area contributed by atoms with Gasteiger partial charge >= 0.3 is 0 Å². The van der Waals surface area contributed by atoms with Crippen molar-refractivity contribution in [3.8, 4) is 0 Å². The van der Waals surface area contributed by atoms with Crippen LogP contribution >= 0.6 is 0 Å². The van der Waals surface area contributed by atoms with Crippen LogP contribution in [0.2, 0.25) is 0 Å². The van der Waals surface area contributed by atoms with Crippen molar-refractivity contribution in [1.82, 2.24) is 14.5 Å². The molecule has 2 rings (SSSR count). The van der Waals surface area contributed by atoms with Crippen LogP contribution in [0, 0.1) is 0 Å². The van der Waals surface area contributed by atoms with E-state index in [-0.39, 0.29) is 0 Å². The fourth-order valence-electron chi connectivity index (χ4n) is 2.06. The van der Waals surface area contributed by atoms with Crippen LogP contribution in [-0.2, 0) is 13.0 Å². The largest absolute Gasteiger partial charge is 0.334 e. The minimum Gasteiger partial charge on any atom is -0.334 e. The van der Waals surface area contributed by atoms with Gasteiger partial charge in [0.25, 0.3) is 0 Å². The molecule has 0 aliphatic carbocycles. The molecule has 0 saturated carbocycles. The fraction of sp³-hybridized carbons (Fsp3) is 0.727. The third-order valence-electron chi connectivity index (χ3n) is 3.27. The van der Waals surface area contributed by atoms with Crippen LogP contribution in [0.3, 0.4) is 0 Å². The standard InChI is InChI=1S/C11H19N3/c1-3-10(2)13-6-4-11-12-5-7-14(11)9-8-13/h5,7,10H,3-4,6,8-9H2,1-2H3. The summed E-state index contributed by atoms with van der Waals surface area (Å²) in [5.41, 5.74) is 0. The fourth-order valence-corrected chi connectivity index (χ4v) is 2.06. The molecule has 0 N–H and O–H groups in total. The van der Waals surface area contributed by atoms with E-state index >= 15 is 0 Å². The van der Waals surface area contributed by atoms with Gasteiger partial charge in [-0.25, -0.2) is 4.98 Å². The molecule has 1 aromatic rings. The van der Waals surface area contributed by atoms with Crippen molar-refractivity contribution in [2.45, 2.75) is 39.3 Å². The molecule has 3 heteroatoms. The second-order valence-corrected chi connectivity index (χ2v) is 4.08. The summed E-state index contributed by atoms with van der Waals surface area (Å²) in [7, 11) is 0. The molecule has 0 saturated heterocycles. The second kappa shape index (κ2) is 4.13. The molecule has 0 bridgehead atoms. The maximum atomic E-state index is 4.37. The van der Waals surface area contributed by atoms with E-state index in [0.717, 1.165) is 19.5 Å². The highest BCUT2D eigenvalue weighted by Gasteiger charge is 2.16. The van der Waals surface area contributed by atoms with Crippen LogP contribution in [0.25, 0.3) is 0 Å². The molecule has 0 amide bonds. The van der Waals surface area contributed by atoms with E-state index in [1.807, 2.05) is 6.20 Å². The van der Waals surface area contributed by atoms with Crippen molar-refractivity contribution in [3.05, 3.63) is 18.2 Å². The molecule has 1 atom stereocenters. The van der Waals surface area contributed by atoms with Crippen LogP contribution < -0.4 is 0 Å². The predicted molar refractivity (Wildman–Crippen MR) is 57.3 cm³/mol. The van der Waals surface area contributed by atoms with E-state index in [4.69, 9.17) is 0 Å². The van der Waals surface area contributed by atoms with Gasteiger partial charge in [-0.2, -0.15) is 0 Å². The third kappa shape index (κ3) is 1.82. The number of fused-ring (bicyclic) bond motifs is 1. The maximum absolute atomic E-state index is 4.37. The monoisotopic (exact) mass is 193 g/mol. The van der Waals surface area contributed by atoms with Gasteiger partial charge in [0.05, 0.1) is 0 Å². The highest BCUT2D eigenvalue weighted by Crippen LogP contribution is 2.10. The van der Waals surface area contributed by atoms with Crippen LogP contribution in [0.1, 0.15) is 26.1 Å². The molecular formula is C11H19N3. The molecule has 14 heavy (non-hydrogen) atoms. The molecule has 1 aromatic heterocycles. The molecule has 2 heterocycles. The molecule has 3 nitrogen and oxygen atoms in total. The van der Waals surface area contributed by atoms with Gasteiger partial charge in [0.15, 0.2) is 0 Å². The Morgan fingerprint density at radius 2 is 2.29 bits per heavy atom. The van der Waals surface area contributed by atoms with Crippen LogP contribution in [-0.4, -0.2) is 33.6 Å². The molecule has 0 aromatic carbocycles. The summed E-state index contributed by atoms with van der Waals surface area (Å²) < 4.78 is 2.28. The molecule has 1 aliphatic heterocycles. The Balaban J connectivity index is 2.02. The van der Waals surface area contributed by atoms with Gasteiger partial charge in [-0.3, -0.25) is 4.90 Å². The molecule has 0 spiro atoms. The number of rotatable bonds is 2. The molecule has 78 valence electrons. The normalized spacial score (nSPS) is 20.1. The Bertz CT molecular complexity index is 270. The first-order valence-corrected chi connectivity index (χ1v) is 5.55. The minimum absolute atomic E-state index is 0.708. The number of imidazole rings is 1. The van der Waals surface area contributed by atoms with Crippen molar-refractivity contribution in [1.29, 1.82) is 0 Å². The van der Waals surface area contributed by atoms with E-state index in [1.54, 1.807) is 0 Å². The average molecular weight is 193 g/mol. The molecule has 1 unspecified atom stereocenters. The SMILES string of the molecule is CCC(C)N1CCc2nccn2CC1. The number of aromatic nitrogens is 2. The third-order valence-corrected chi connectivity index (χ3v) is 3.27. The average Bonchev–Trinajstić information content (AvgIpc) is 2.56. The van der Waals surface area contributed by atoms with Crippen LogP contribution in [0.4, 0.5) is 0 Å². The van der Waals surface area contributed by atoms with Gasteiger partial charge in [0.1, 0.15) is 5.82 Å². The summed E-state index contributed by atoms with van der Waals surface area (Å²) in [6.07, 6.45) is 6.34. The lowest BCUT2D eigenvalue weighted by molar-refractivity contribution is 0.208. The van der Waals surface area contributed by atoms with Gasteiger partial charge < -0.3 is 4.57 Å². The number of nitrogens with zero attached hydrogens (tertiary/aromatic N) is 3. The van der Waals surface area contributed by atoms with Crippen molar-refractivity contribution in [3.63, 3.8) is 0 Å². The smallest absolute Gasteiger partial charge is 0.109 e. The molecular weight excluding hydrogens is 174 g/mol. The molecule has 0 fully saturated rings. The van der Waals surface area contributed by atoms with Gasteiger partial charge in [-0.1, -0.05) is 6.92 Å². The zero-order chi connectivity index (χ0) is 9.97. The Hall–Kier alpha value is -0.830. The van der Waals surface area contributed by atoms with E-state index in [9.17, 15) is 0 Å². The van der Waals surface area contributed by atoms with E-state index in [1.165, 1.54) is 18.8 Å². The zero-order valence-electron chi connectivity index (χ0n) is 9.11. The predicted octanol–water partition coefficient (Wildman–Crippen LogP) is 1.54. The Labute approximate surface area is 85.7 Å². The first-order valence-electron chi connectivity index (χ1n) is 5.55. The highest BCUT2D eigenvalue weighted by molar-refractivity contribution is 4.95. The first-order chi connectivity index (χ1) is 6.81. The molecule has 1 aliphatic rings. The lowest BCUT2D eigenvalue weighted by Crippen LogP contribution is -2.35. The van der Waals surface area contributed by atoms with Crippen LogP contribution in [0.5, 0.6) is 0 Å². The van der Waals surface area contributed by atoms with Crippen LogP contribution in [0.15, 0.2) is 12.4 Å². The molecule has 0 radical (unpaired) electrons. The summed E-state index contributed by atoms with van der Waals surface area (Å²) in [4.78, 5) is 6.94. The van der Waals surface area contributed by atoms with E-state index in [2.05, 4.69) is 34.5 Å². The lowest BCUT2D eigenvalue weighted by Gasteiger charge is -2.26. The van der Waals surface area contributed by atoms with Crippen molar-refractivity contribution in [2.24, 2.45) is 0 Å². The van der Waals surface area contributed by atoms with Crippen molar-refractivity contribution < 1.29 is 0 Å². The topological polar surface area (TPSA) is 21.1 Å². The summed E-state index contributed by atoms with van der Waals surface area (Å²) in [5, 5.41) is 0. The Morgan fingerprint density at radius 1 is 1.43 bits per heavy atom. The van der Waals surface area contributed by atoms with Crippen molar-refractivity contribution in [2.75, 3.05) is 13.1 Å². The highest BCUT2D eigenvalue weighted by atomic mass is 15.2. The zero-order valence-corrected chi connectivity index (χ0v) is 9.11. The first kappa shape index (κ1) is 9.71. The van der Waals surface area contributed by atoms with E-state index < -0.39 is 0 Å². The second-order valence-electron chi connectivity index (χ2n) is 4.08. The summed E-state index contributed by atoms with van der Waals surface area (Å²) >= 11 is 0. The van der Waals surface area contributed by atoms with Crippen molar-refractivity contribution >= 4 is 0 Å². The Kier molecular flexibility index (Phi) is 2.87. The van der Waals surface area contributed by atoms with Gasteiger partial charge in [0.2, 0.25) is 0 Å². The number of hydrogen-bond donors (Lipinski definition) is 0. The Morgan fingerprint density at radius 3 is 3.07 bits per heavy atom.